The van der Waals surface area contributed by atoms with E-state index in [0.717, 1.165) is 18.8 Å². The molecule has 0 fully saturated rings. The molecule has 3 aromatic rings. The minimum Gasteiger partial charge on any atom is -0.0628 e. The third kappa shape index (κ3) is 6.60. The zero-order valence-corrected chi connectivity index (χ0v) is 19.1. The van der Waals surface area contributed by atoms with E-state index in [0.29, 0.717) is 0 Å². The third-order valence-corrected chi connectivity index (χ3v) is 5.50. The Morgan fingerprint density at radius 3 is 1.28 bits per heavy atom. The Bertz CT molecular complexity index is 955. The van der Waals surface area contributed by atoms with Crippen LogP contribution >= 0.6 is 0 Å². The lowest BCUT2D eigenvalue weighted by molar-refractivity contribution is 0.586. The van der Waals surface area contributed by atoms with Crippen molar-refractivity contribution in [3.63, 3.8) is 0 Å². The second-order valence-corrected chi connectivity index (χ2v) is 9.44. The average molecular weight is 385 g/mol. The zero-order valence-electron chi connectivity index (χ0n) is 19.1. The number of hydrogen-bond acceptors (Lipinski definition) is 0. The van der Waals surface area contributed by atoms with Crippen molar-refractivity contribution in [1.29, 1.82) is 0 Å². The molecule has 3 aromatic carbocycles. The summed E-state index contributed by atoms with van der Waals surface area (Å²) >= 11 is 0. The molecule has 0 aliphatic carbocycles. The molecular formula is C29H36. The Balaban J connectivity index is 1.81. The van der Waals surface area contributed by atoms with Crippen LogP contribution in [0.4, 0.5) is 0 Å². The molecule has 0 aliphatic heterocycles. The van der Waals surface area contributed by atoms with Gasteiger partial charge in [0.05, 0.1) is 0 Å². The number of aryl methyl sites for hydroxylation is 5. The van der Waals surface area contributed by atoms with Gasteiger partial charge in [0.2, 0.25) is 0 Å². The first kappa shape index (κ1) is 21.4. The highest BCUT2D eigenvalue weighted by atomic mass is 14.1. The van der Waals surface area contributed by atoms with Gasteiger partial charge in [-0.25, -0.2) is 0 Å². The van der Waals surface area contributed by atoms with Gasteiger partial charge in [-0.1, -0.05) is 90.7 Å². The van der Waals surface area contributed by atoms with Crippen LogP contribution in [0.1, 0.15) is 70.3 Å². The van der Waals surface area contributed by atoms with Crippen LogP contribution in [0.3, 0.4) is 0 Å². The second-order valence-electron chi connectivity index (χ2n) is 9.44. The minimum atomic E-state index is 0.753. The van der Waals surface area contributed by atoms with Crippen molar-refractivity contribution in [3.8, 4) is 0 Å². The van der Waals surface area contributed by atoms with E-state index < -0.39 is 0 Å². The molecule has 0 aromatic heterocycles. The highest BCUT2D eigenvalue weighted by molar-refractivity contribution is 5.39. The summed E-state index contributed by atoms with van der Waals surface area (Å²) in [5.74, 6) is 0.753. The van der Waals surface area contributed by atoms with Crippen LogP contribution in [0, 0.1) is 33.6 Å². The van der Waals surface area contributed by atoms with Gasteiger partial charge < -0.3 is 0 Å². The maximum atomic E-state index is 2.42. The molecular weight excluding hydrogens is 348 g/mol. The third-order valence-electron chi connectivity index (χ3n) is 5.50. The highest BCUT2D eigenvalue weighted by Gasteiger charge is 2.06. The van der Waals surface area contributed by atoms with Crippen LogP contribution in [0.25, 0.3) is 0 Å². The molecule has 0 unspecified atom stereocenters. The largest absolute Gasteiger partial charge is 0.0628 e. The van der Waals surface area contributed by atoms with Crippen LogP contribution in [0.2, 0.25) is 0 Å². The average Bonchev–Trinajstić information content (AvgIpc) is 2.58. The fourth-order valence-corrected chi connectivity index (χ4v) is 4.44. The van der Waals surface area contributed by atoms with Gasteiger partial charge in [0.1, 0.15) is 0 Å². The molecule has 0 N–H and O–H groups in total. The van der Waals surface area contributed by atoms with E-state index in [9.17, 15) is 0 Å². The van der Waals surface area contributed by atoms with E-state index in [1.807, 2.05) is 0 Å². The first-order valence-electron chi connectivity index (χ1n) is 11.0. The highest BCUT2D eigenvalue weighted by Crippen LogP contribution is 2.21. The maximum Gasteiger partial charge on any atom is -0.00254 e. The van der Waals surface area contributed by atoms with Crippen molar-refractivity contribution in [2.24, 2.45) is 5.92 Å². The van der Waals surface area contributed by atoms with E-state index >= 15 is 0 Å². The summed E-state index contributed by atoms with van der Waals surface area (Å²) in [5.41, 5.74) is 12.6. The Hall–Kier alpha value is -2.34. The van der Waals surface area contributed by atoms with Gasteiger partial charge in [-0.2, -0.15) is 0 Å². The smallest absolute Gasteiger partial charge is 0.00254 e. The summed E-state index contributed by atoms with van der Waals surface area (Å²) in [6.07, 6.45) is 4.45. The fourth-order valence-electron chi connectivity index (χ4n) is 4.44. The van der Waals surface area contributed by atoms with Crippen LogP contribution in [-0.2, 0) is 19.3 Å². The summed E-state index contributed by atoms with van der Waals surface area (Å²) in [7, 11) is 0. The van der Waals surface area contributed by atoms with Crippen molar-refractivity contribution >= 4 is 0 Å². The quantitative estimate of drug-likeness (QED) is 0.391. The van der Waals surface area contributed by atoms with Crippen molar-refractivity contribution in [2.45, 2.75) is 67.2 Å². The van der Waals surface area contributed by atoms with Crippen LogP contribution in [0.15, 0.2) is 54.6 Å². The predicted octanol–water partition coefficient (Wildman–Crippen LogP) is 7.69. The van der Waals surface area contributed by atoms with Gasteiger partial charge in [0.15, 0.2) is 0 Å². The van der Waals surface area contributed by atoms with E-state index in [1.165, 1.54) is 62.9 Å². The normalized spacial score (nSPS) is 11.3. The van der Waals surface area contributed by atoms with Crippen molar-refractivity contribution < 1.29 is 0 Å². The maximum absolute atomic E-state index is 2.42. The van der Waals surface area contributed by atoms with Gasteiger partial charge in [0.25, 0.3) is 0 Å². The molecule has 152 valence electrons. The van der Waals surface area contributed by atoms with Crippen LogP contribution < -0.4 is 0 Å². The van der Waals surface area contributed by atoms with E-state index in [-0.39, 0.29) is 0 Å². The lowest BCUT2D eigenvalue weighted by Crippen LogP contribution is -1.98. The minimum absolute atomic E-state index is 0.753. The molecule has 0 atom stereocenters. The molecule has 0 saturated heterocycles. The van der Waals surface area contributed by atoms with Crippen LogP contribution in [0.5, 0.6) is 0 Å². The summed E-state index contributed by atoms with van der Waals surface area (Å²) in [6.45, 7) is 13.4. The summed E-state index contributed by atoms with van der Waals surface area (Å²) in [6, 6.07) is 21.1. The summed E-state index contributed by atoms with van der Waals surface area (Å²) in [4.78, 5) is 0. The summed E-state index contributed by atoms with van der Waals surface area (Å²) < 4.78 is 0. The van der Waals surface area contributed by atoms with Gasteiger partial charge in [-0.05, 0) is 87.1 Å². The lowest BCUT2D eigenvalue weighted by atomic mass is 9.93. The molecule has 0 aliphatic rings. The summed E-state index contributed by atoms with van der Waals surface area (Å²) in [5, 5.41) is 0. The molecule has 0 saturated carbocycles. The van der Waals surface area contributed by atoms with Crippen molar-refractivity contribution in [3.05, 3.63) is 105 Å². The number of hydrogen-bond donors (Lipinski definition) is 0. The molecule has 3 rings (SSSR count). The van der Waals surface area contributed by atoms with E-state index in [2.05, 4.69) is 96.1 Å². The van der Waals surface area contributed by atoms with Crippen molar-refractivity contribution in [1.82, 2.24) is 0 Å². The molecule has 0 amide bonds. The molecule has 0 heteroatoms. The van der Waals surface area contributed by atoms with Gasteiger partial charge >= 0.3 is 0 Å². The SMILES string of the molecule is Cc1cc(C)cc(Cc2cc(C)cc(Cc3cc(C)cc(CCC(C)C)c3)c2)c1. The van der Waals surface area contributed by atoms with Crippen molar-refractivity contribution in [2.75, 3.05) is 0 Å². The lowest BCUT2D eigenvalue weighted by Gasteiger charge is -2.12. The topological polar surface area (TPSA) is 0 Å². The first-order chi connectivity index (χ1) is 13.8. The fraction of sp³-hybridized carbons (Fsp3) is 0.379. The number of benzene rings is 3. The first-order valence-corrected chi connectivity index (χ1v) is 11.0. The van der Waals surface area contributed by atoms with Gasteiger partial charge in [0, 0.05) is 0 Å². The van der Waals surface area contributed by atoms with E-state index in [4.69, 9.17) is 0 Å². The van der Waals surface area contributed by atoms with Gasteiger partial charge in [-0.3, -0.25) is 0 Å². The molecule has 0 bridgehead atoms. The van der Waals surface area contributed by atoms with Gasteiger partial charge in [-0.15, -0.1) is 0 Å². The Morgan fingerprint density at radius 2 is 0.828 bits per heavy atom. The van der Waals surface area contributed by atoms with E-state index in [1.54, 1.807) is 0 Å². The molecule has 29 heavy (non-hydrogen) atoms. The Morgan fingerprint density at radius 1 is 0.483 bits per heavy atom. The molecule has 0 radical (unpaired) electrons. The second kappa shape index (κ2) is 9.44. The number of rotatable bonds is 7. The standard InChI is InChI=1S/C29H36/c1-20(2)7-8-25-10-23(5)13-27(16-25)18-29-15-24(6)14-28(19-29)17-26-11-21(3)9-22(4)12-26/h9-16,19-20H,7-8,17-18H2,1-6H3. The monoisotopic (exact) mass is 384 g/mol. The Labute approximate surface area is 178 Å². The van der Waals surface area contributed by atoms with Crippen LogP contribution in [-0.4, -0.2) is 0 Å². The molecule has 0 heterocycles. The molecule has 0 spiro atoms. The molecule has 0 nitrogen and oxygen atoms in total. The Kier molecular flexibility index (Phi) is 6.96. The zero-order chi connectivity index (χ0) is 21.0. The predicted molar refractivity (Wildman–Crippen MR) is 127 cm³/mol.